The lowest BCUT2D eigenvalue weighted by molar-refractivity contribution is -0.120. The van der Waals surface area contributed by atoms with Gasteiger partial charge in [0, 0.05) is 22.1 Å². The van der Waals surface area contributed by atoms with Crippen LogP contribution in [0.5, 0.6) is 0 Å². The zero-order valence-corrected chi connectivity index (χ0v) is 15.4. The maximum absolute atomic E-state index is 11.8. The fourth-order valence-electron chi connectivity index (χ4n) is 1.99. The quantitative estimate of drug-likeness (QED) is 0.424. The molecule has 24 heavy (non-hydrogen) atoms. The summed E-state index contributed by atoms with van der Waals surface area (Å²) in [6.45, 7) is 4.32. The molecule has 2 rings (SSSR count). The number of nitrogens with one attached hydrogen (secondary N) is 1. The minimum Gasteiger partial charge on any atom is -0.273 e. The molecule has 0 unspecified atom stereocenters. The Bertz CT molecular complexity index is 682. The number of rotatable bonds is 7. The van der Waals surface area contributed by atoms with Gasteiger partial charge in [-0.05, 0) is 41.3 Å². The van der Waals surface area contributed by atoms with E-state index in [9.17, 15) is 4.79 Å². The number of hydrazone groups is 1. The normalized spacial score (nSPS) is 11.2. The number of hydrogen-bond acceptors (Lipinski definition) is 3. The van der Waals surface area contributed by atoms with E-state index in [0.29, 0.717) is 23.1 Å². The number of halogens is 1. The van der Waals surface area contributed by atoms with Crippen molar-refractivity contribution in [2.24, 2.45) is 5.10 Å². The zero-order valence-electron chi connectivity index (χ0n) is 13.8. The molecule has 0 aliphatic heterocycles. The molecule has 0 aliphatic rings. The van der Waals surface area contributed by atoms with Crippen LogP contribution < -0.4 is 5.43 Å². The van der Waals surface area contributed by atoms with Crippen LogP contribution in [0.15, 0.2) is 58.5 Å². The smallest absolute Gasteiger partial charge is 0.240 e. The third kappa shape index (κ3) is 6.38. The molecule has 0 atom stereocenters. The number of amides is 1. The molecule has 1 N–H and O–H groups in total. The van der Waals surface area contributed by atoms with Crippen LogP contribution in [0.1, 0.15) is 37.3 Å². The second kappa shape index (κ2) is 9.50. The third-order valence-corrected chi connectivity index (χ3v) is 4.68. The van der Waals surface area contributed by atoms with E-state index < -0.39 is 0 Å². The van der Waals surface area contributed by atoms with E-state index in [0.717, 1.165) is 10.5 Å². The Balaban J connectivity index is 1.71. The van der Waals surface area contributed by atoms with E-state index in [-0.39, 0.29) is 5.91 Å². The first kappa shape index (κ1) is 18.6. The van der Waals surface area contributed by atoms with E-state index in [1.807, 2.05) is 36.4 Å². The molecule has 5 heteroatoms. The molecule has 0 fully saturated rings. The van der Waals surface area contributed by atoms with Crippen LogP contribution in [0.25, 0.3) is 0 Å². The summed E-state index contributed by atoms with van der Waals surface area (Å²) in [5, 5.41) is 4.72. The second-order valence-corrected chi connectivity index (χ2v) is 7.27. The average molecular weight is 361 g/mol. The molecule has 0 saturated carbocycles. The lowest BCUT2D eigenvalue weighted by Crippen LogP contribution is -2.17. The standard InChI is InChI=1S/C19H21ClN2OS/c1-14(2)16-5-3-15(4-6-16)13-21-22-19(23)11-12-24-18-9-7-17(20)8-10-18/h3-10,13-14H,11-12H2,1-2H3,(H,22,23)/b21-13-. The molecule has 0 spiro atoms. The summed E-state index contributed by atoms with van der Waals surface area (Å²) in [7, 11) is 0. The molecule has 126 valence electrons. The molecular weight excluding hydrogens is 340 g/mol. The Morgan fingerprint density at radius 3 is 2.46 bits per heavy atom. The fourth-order valence-corrected chi connectivity index (χ4v) is 2.97. The Morgan fingerprint density at radius 1 is 1.17 bits per heavy atom. The van der Waals surface area contributed by atoms with Crippen molar-refractivity contribution >= 4 is 35.5 Å². The first-order valence-corrected chi connectivity index (χ1v) is 9.21. The van der Waals surface area contributed by atoms with Gasteiger partial charge >= 0.3 is 0 Å². The maximum Gasteiger partial charge on any atom is 0.240 e. The van der Waals surface area contributed by atoms with E-state index in [1.54, 1.807) is 18.0 Å². The summed E-state index contributed by atoms with van der Waals surface area (Å²) < 4.78 is 0. The summed E-state index contributed by atoms with van der Waals surface area (Å²) in [4.78, 5) is 12.9. The first-order valence-electron chi connectivity index (χ1n) is 7.85. The van der Waals surface area contributed by atoms with Crippen LogP contribution in [0, 0.1) is 0 Å². The number of thioether (sulfide) groups is 1. The second-order valence-electron chi connectivity index (χ2n) is 5.67. The SMILES string of the molecule is CC(C)c1ccc(/C=N\NC(=O)CCSc2ccc(Cl)cc2)cc1. The molecule has 0 heterocycles. The molecular formula is C19H21ClN2OS. The van der Waals surface area contributed by atoms with Crippen LogP contribution in [0.3, 0.4) is 0 Å². The van der Waals surface area contributed by atoms with Crippen molar-refractivity contribution in [3.05, 3.63) is 64.7 Å². The molecule has 0 saturated heterocycles. The monoisotopic (exact) mass is 360 g/mol. The summed E-state index contributed by atoms with van der Waals surface area (Å²) in [6.07, 6.45) is 2.07. The summed E-state index contributed by atoms with van der Waals surface area (Å²) >= 11 is 7.46. The van der Waals surface area contributed by atoms with Crippen LogP contribution in [-0.4, -0.2) is 17.9 Å². The van der Waals surface area contributed by atoms with Gasteiger partial charge in [-0.3, -0.25) is 4.79 Å². The van der Waals surface area contributed by atoms with Gasteiger partial charge in [0.15, 0.2) is 0 Å². The Kier molecular flexibility index (Phi) is 7.35. The highest BCUT2D eigenvalue weighted by Gasteiger charge is 2.01. The predicted octanol–water partition coefficient (Wildman–Crippen LogP) is 5.10. The topological polar surface area (TPSA) is 41.5 Å². The molecule has 3 nitrogen and oxygen atoms in total. The van der Waals surface area contributed by atoms with Crippen LogP contribution in [0.2, 0.25) is 5.02 Å². The van der Waals surface area contributed by atoms with Crippen molar-refractivity contribution in [2.75, 3.05) is 5.75 Å². The summed E-state index contributed by atoms with van der Waals surface area (Å²) in [5.74, 6) is 1.12. The van der Waals surface area contributed by atoms with E-state index >= 15 is 0 Å². The highest BCUT2D eigenvalue weighted by atomic mass is 35.5. The van der Waals surface area contributed by atoms with Crippen molar-refractivity contribution < 1.29 is 4.79 Å². The lowest BCUT2D eigenvalue weighted by Gasteiger charge is -2.04. The molecule has 2 aromatic carbocycles. The van der Waals surface area contributed by atoms with Crippen LogP contribution in [0.4, 0.5) is 0 Å². The Labute approximate surface area is 152 Å². The van der Waals surface area contributed by atoms with E-state index in [4.69, 9.17) is 11.6 Å². The van der Waals surface area contributed by atoms with E-state index in [2.05, 4.69) is 36.5 Å². The van der Waals surface area contributed by atoms with Crippen molar-refractivity contribution in [1.29, 1.82) is 0 Å². The third-order valence-electron chi connectivity index (χ3n) is 3.42. The van der Waals surface area contributed by atoms with Crippen LogP contribution >= 0.6 is 23.4 Å². The van der Waals surface area contributed by atoms with Gasteiger partial charge in [0.1, 0.15) is 0 Å². The molecule has 0 radical (unpaired) electrons. The van der Waals surface area contributed by atoms with Crippen molar-refractivity contribution in [1.82, 2.24) is 5.43 Å². The number of carbonyl (C=O) groups is 1. The first-order chi connectivity index (χ1) is 11.5. The van der Waals surface area contributed by atoms with Gasteiger partial charge in [0.05, 0.1) is 6.21 Å². The minimum absolute atomic E-state index is 0.0912. The van der Waals surface area contributed by atoms with Gasteiger partial charge < -0.3 is 0 Å². The molecule has 2 aromatic rings. The van der Waals surface area contributed by atoms with Crippen molar-refractivity contribution in [3.63, 3.8) is 0 Å². The Hall–Kier alpha value is -1.78. The number of hydrogen-bond donors (Lipinski definition) is 1. The molecule has 0 bridgehead atoms. The average Bonchev–Trinajstić information content (AvgIpc) is 2.57. The molecule has 0 aliphatic carbocycles. The van der Waals surface area contributed by atoms with E-state index in [1.165, 1.54) is 5.56 Å². The highest BCUT2D eigenvalue weighted by molar-refractivity contribution is 7.99. The van der Waals surface area contributed by atoms with Crippen molar-refractivity contribution in [3.8, 4) is 0 Å². The maximum atomic E-state index is 11.8. The van der Waals surface area contributed by atoms with Gasteiger partial charge in [0.2, 0.25) is 5.91 Å². The molecule has 1 amide bonds. The van der Waals surface area contributed by atoms with Gasteiger partial charge in [-0.2, -0.15) is 5.10 Å². The number of carbonyl (C=O) groups excluding carboxylic acids is 1. The summed E-state index contributed by atoms with van der Waals surface area (Å²) in [5.41, 5.74) is 4.82. The number of benzene rings is 2. The number of nitrogens with zero attached hydrogens (tertiary/aromatic N) is 1. The highest BCUT2D eigenvalue weighted by Crippen LogP contribution is 2.20. The van der Waals surface area contributed by atoms with Gasteiger partial charge in [-0.1, -0.05) is 49.7 Å². The zero-order chi connectivity index (χ0) is 17.4. The van der Waals surface area contributed by atoms with Gasteiger partial charge in [0.25, 0.3) is 0 Å². The van der Waals surface area contributed by atoms with Crippen molar-refractivity contribution in [2.45, 2.75) is 31.1 Å². The molecule has 0 aromatic heterocycles. The fraction of sp³-hybridized carbons (Fsp3) is 0.263. The van der Waals surface area contributed by atoms with Gasteiger partial charge in [-0.15, -0.1) is 11.8 Å². The van der Waals surface area contributed by atoms with Crippen LogP contribution in [-0.2, 0) is 4.79 Å². The predicted molar refractivity (Wildman–Crippen MR) is 103 cm³/mol. The minimum atomic E-state index is -0.0912. The Morgan fingerprint density at radius 2 is 1.83 bits per heavy atom. The largest absolute Gasteiger partial charge is 0.273 e. The van der Waals surface area contributed by atoms with Gasteiger partial charge in [-0.25, -0.2) is 5.43 Å². The summed E-state index contributed by atoms with van der Waals surface area (Å²) in [6, 6.07) is 15.8. The lowest BCUT2D eigenvalue weighted by atomic mass is 10.0.